The molecule has 3 aromatic rings. The summed E-state index contributed by atoms with van der Waals surface area (Å²) in [4.78, 5) is 2.26. The van der Waals surface area contributed by atoms with Crippen molar-refractivity contribution in [1.82, 2.24) is 9.78 Å². The van der Waals surface area contributed by atoms with Crippen LogP contribution < -0.4 is 5.73 Å². The lowest BCUT2D eigenvalue weighted by molar-refractivity contribution is 0.783. The van der Waals surface area contributed by atoms with Crippen LogP contribution in [-0.4, -0.2) is 9.78 Å². The number of hydrogen-bond donors (Lipinski definition) is 1. The Kier molecular flexibility index (Phi) is 3.69. The van der Waals surface area contributed by atoms with Crippen LogP contribution in [0.15, 0.2) is 30.3 Å². The van der Waals surface area contributed by atoms with Crippen LogP contribution in [0.2, 0.25) is 10.0 Å². The van der Waals surface area contributed by atoms with Crippen LogP contribution in [0.5, 0.6) is 0 Å². The second kappa shape index (κ2) is 5.37. The minimum Gasteiger partial charge on any atom is -0.383 e. The Bertz CT molecular complexity index is 800. The molecule has 1 aromatic carbocycles. The number of nitrogens with two attached hydrogens (primary N) is 1. The first-order valence-corrected chi connectivity index (χ1v) is 7.90. The molecule has 2 heterocycles. The summed E-state index contributed by atoms with van der Waals surface area (Å²) in [7, 11) is 1.81. The second-order valence-corrected chi connectivity index (χ2v) is 6.84. The number of nitrogens with zero attached hydrogens (tertiary/aromatic N) is 2. The SMILES string of the molecule is Cc1ccc(-c2nn(C)c(N)c2-c2c(Cl)cccc2Cl)s1. The lowest BCUT2D eigenvalue weighted by Crippen LogP contribution is -1.98. The molecule has 0 spiro atoms. The first-order valence-electron chi connectivity index (χ1n) is 6.32. The van der Waals surface area contributed by atoms with Crippen LogP contribution in [0.1, 0.15) is 4.88 Å². The molecule has 21 heavy (non-hydrogen) atoms. The molecule has 3 rings (SSSR count). The molecule has 0 fully saturated rings. The predicted octanol–water partition coefficient (Wildman–Crippen LogP) is 5.01. The maximum atomic E-state index is 6.34. The quantitative estimate of drug-likeness (QED) is 0.713. The third-order valence-electron chi connectivity index (χ3n) is 3.28. The number of aromatic nitrogens is 2. The van der Waals surface area contributed by atoms with Crippen molar-refractivity contribution in [3.05, 3.63) is 45.3 Å². The molecular formula is C15H13Cl2N3S. The zero-order chi connectivity index (χ0) is 15.1. The van der Waals surface area contributed by atoms with Gasteiger partial charge in [-0.2, -0.15) is 5.10 Å². The standard InChI is InChI=1S/C15H13Cl2N3S/c1-8-6-7-11(21-8)14-13(15(18)20(2)19-14)12-9(16)4-3-5-10(12)17/h3-7H,18H2,1-2H3. The average molecular weight is 338 g/mol. The average Bonchev–Trinajstić information content (AvgIpc) is 2.97. The summed E-state index contributed by atoms with van der Waals surface area (Å²) in [5.74, 6) is 0.547. The van der Waals surface area contributed by atoms with Crippen molar-refractivity contribution in [2.75, 3.05) is 5.73 Å². The highest BCUT2D eigenvalue weighted by atomic mass is 35.5. The van der Waals surface area contributed by atoms with E-state index in [1.807, 2.05) is 19.2 Å². The molecule has 0 aliphatic carbocycles. The third kappa shape index (κ3) is 2.44. The van der Waals surface area contributed by atoms with E-state index in [9.17, 15) is 0 Å². The topological polar surface area (TPSA) is 43.8 Å². The zero-order valence-electron chi connectivity index (χ0n) is 11.5. The molecule has 0 unspecified atom stereocenters. The largest absolute Gasteiger partial charge is 0.383 e. The van der Waals surface area contributed by atoms with Crippen LogP contribution >= 0.6 is 34.5 Å². The number of rotatable bonds is 2. The molecule has 0 amide bonds. The zero-order valence-corrected chi connectivity index (χ0v) is 13.9. The van der Waals surface area contributed by atoms with Gasteiger partial charge in [0.25, 0.3) is 0 Å². The molecule has 2 N–H and O–H groups in total. The minimum atomic E-state index is 0.547. The summed E-state index contributed by atoms with van der Waals surface area (Å²) in [5.41, 5.74) is 8.53. The van der Waals surface area contributed by atoms with E-state index >= 15 is 0 Å². The van der Waals surface area contributed by atoms with Gasteiger partial charge in [-0.15, -0.1) is 11.3 Å². The van der Waals surface area contributed by atoms with Crippen LogP contribution in [0.4, 0.5) is 5.82 Å². The van der Waals surface area contributed by atoms with Crippen molar-refractivity contribution >= 4 is 40.4 Å². The minimum absolute atomic E-state index is 0.547. The summed E-state index contributed by atoms with van der Waals surface area (Å²) < 4.78 is 1.65. The Morgan fingerprint density at radius 2 is 1.76 bits per heavy atom. The molecule has 0 saturated carbocycles. The highest BCUT2D eigenvalue weighted by Crippen LogP contribution is 2.44. The molecule has 0 aliphatic rings. The van der Waals surface area contributed by atoms with E-state index < -0.39 is 0 Å². The van der Waals surface area contributed by atoms with Crippen LogP contribution in [-0.2, 0) is 7.05 Å². The van der Waals surface area contributed by atoms with E-state index in [2.05, 4.69) is 18.1 Å². The lowest BCUT2D eigenvalue weighted by Gasteiger charge is -2.08. The fourth-order valence-corrected chi connectivity index (χ4v) is 3.70. The number of benzene rings is 1. The molecule has 0 radical (unpaired) electrons. The van der Waals surface area contributed by atoms with Gasteiger partial charge in [0.05, 0.1) is 20.5 Å². The van der Waals surface area contributed by atoms with Crippen LogP contribution in [0.3, 0.4) is 0 Å². The molecular weight excluding hydrogens is 325 g/mol. The smallest absolute Gasteiger partial charge is 0.130 e. The Hall–Kier alpha value is -1.49. The molecule has 2 aromatic heterocycles. The van der Waals surface area contributed by atoms with Gasteiger partial charge in [0.15, 0.2) is 0 Å². The van der Waals surface area contributed by atoms with E-state index in [0.717, 1.165) is 21.7 Å². The van der Waals surface area contributed by atoms with Gasteiger partial charge in [0, 0.05) is 17.5 Å². The molecule has 6 heteroatoms. The Labute approximate surface area is 136 Å². The normalized spacial score (nSPS) is 11.0. The maximum Gasteiger partial charge on any atom is 0.130 e. The van der Waals surface area contributed by atoms with Crippen molar-refractivity contribution in [3.8, 4) is 21.7 Å². The number of thiophene rings is 1. The van der Waals surface area contributed by atoms with E-state index in [-0.39, 0.29) is 0 Å². The van der Waals surface area contributed by atoms with E-state index in [0.29, 0.717) is 15.9 Å². The van der Waals surface area contributed by atoms with Gasteiger partial charge in [-0.1, -0.05) is 29.3 Å². The number of nitrogen functional groups attached to an aromatic ring is 1. The number of anilines is 1. The van der Waals surface area contributed by atoms with E-state index in [1.54, 1.807) is 28.2 Å². The highest BCUT2D eigenvalue weighted by Gasteiger charge is 2.22. The predicted molar refractivity (Wildman–Crippen MR) is 91.1 cm³/mol. The highest BCUT2D eigenvalue weighted by molar-refractivity contribution is 7.15. The molecule has 108 valence electrons. The Morgan fingerprint density at radius 3 is 2.33 bits per heavy atom. The summed E-state index contributed by atoms with van der Waals surface area (Å²) in [6.45, 7) is 2.06. The third-order valence-corrected chi connectivity index (χ3v) is 4.92. The van der Waals surface area contributed by atoms with Gasteiger partial charge in [-0.05, 0) is 31.2 Å². The second-order valence-electron chi connectivity index (χ2n) is 4.74. The first kappa shape index (κ1) is 14.4. The van der Waals surface area contributed by atoms with Gasteiger partial charge in [0.2, 0.25) is 0 Å². The fraction of sp³-hybridized carbons (Fsp3) is 0.133. The van der Waals surface area contributed by atoms with Gasteiger partial charge >= 0.3 is 0 Å². The van der Waals surface area contributed by atoms with Crippen molar-refractivity contribution in [2.24, 2.45) is 7.05 Å². The summed E-state index contributed by atoms with van der Waals surface area (Å²) in [5, 5.41) is 5.67. The van der Waals surface area contributed by atoms with Crippen molar-refractivity contribution in [3.63, 3.8) is 0 Å². The molecule has 0 saturated heterocycles. The molecule has 0 atom stereocenters. The van der Waals surface area contributed by atoms with E-state index in [4.69, 9.17) is 28.9 Å². The molecule has 3 nitrogen and oxygen atoms in total. The van der Waals surface area contributed by atoms with Crippen LogP contribution in [0, 0.1) is 6.92 Å². The lowest BCUT2D eigenvalue weighted by atomic mass is 10.0. The summed E-state index contributed by atoms with van der Waals surface area (Å²) >= 11 is 14.3. The first-order chi connectivity index (χ1) is 9.99. The summed E-state index contributed by atoms with van der Waals surface area (Å²) in [6, 6.07) is 9.52. The number of halogens is 2. The van der Waals surface area contributed by atoms with E-state index in [1.165, 1.54) is 4.88 Å². The molecule has 0 aliphatic heterocycles. The maximum absolute atomic E-state index is 6.34. The fourth-order valence-electron chi connectivity index (χ4n) is 2.25. The number of hydrogen-bond acceptors (Lipinski definition) is 3. The summed E-state index contributed by atoms with van der Waals surface area (Å²) in [6.07, 6.45) is 0. The van der Waals surface area contributed by atoms with Crippen molar-refractivity contribution in [2.45, 2.75) is 6.92 Å². The Balaban J connectivity index is 2.32. The van der Waals surface area contributed by atoms with Gasteiger partial charge in [0.1, 0.15) is 11.5 Å². The monoisotopic (exact) mass is 337 g/mol. The number of aryl methyl sites for hydroxylation is 2. The van der Waals surface area contributed by atoms with Crippen molar-refractivity contribution < 1.29 is 0 Å². The molecule has 0 bridgehead atoms. The van der Waals surface area contributed by atoms with Gasteiger partial charge in [-0.3, -0.25) is 4.68 Å². The van der Waals surface area contributed by atoms with Crippen molar-refractivity contribution in [1.29, 1.82) is 0 Å². The Morgan fingerprint density at radius 1 is 1.10 bits per heavy atom. The van der Waals surface area contributed by atoms with Gasteiger partial charge < -0.3 is 5.73 Å². The van der Waals surface area contributed by atoms with Gasteiger partial charge in [-0.25, -0.2) is 0 Å². The van der Waals surface area contributed by atoms with Crippen LogP contribution in [0.25, 0.3) is 21.7 Å².